The first kappa shape index (κ1) is 82.1. The molecule has 17 nitrogen and oxygen atoms in total. The molecule has 0 spiro atoms. The number of hydrogen-bond acceptors (Lipinski definition) is 15. The van der Waals surface area contributed by atoms with Crippen molar-refractivity contribution in [1.82, 2.24) is 0 Å². The summed E-state index contributed by atoms with van der Waals surface area (Å²) in [4.78, 5) is 71.7. The fraction of sp³-hybridized carbons (Fsp3) is 0.938. The smallest absolute Gasteiger partial charge is 0.462 e. The van der Waals surface area contributed by atoms with E-state index in [-0.39, 0.29) is 25.7 Å². The lowest BCUT2D eigenvalue weighted by Crippen LogP contribution is -2.30. The second-order valence-electron chi connectivity index (χ2n) is 24.5. The van der Waals surface area contributed by atoms with Crippen molar-refractivity contribution in [3.63, 3.8) is 0 Å². The number of esters is 4. The van der Waals surface area contributed by atoms with Gasteiger partial charge in [0.25, 0.3) is 0 Å². The van der Waals surface area contributed by atoms with Crippen LogP contribution < -0.4 is 0 Å². The molecule has 2 unspecified atom stereocenters. The first-order valence-electron chi connectivity index (χ1n) is 34.0. The zero-order valence-electron chi connectivity index (χ0n) is 54.2. The van der Waals surface area contributed by atoms with Crippen molar-refractivity contribution in [2.45, 2.75) is 342 Å². The average molecular weight is 1240 g/mol. The molecule has 0 aromatic heterocycles. The quantitative estimate of drug-likeness (QED) is 0.0222. The van der Waals surface area contributed by atoms with Gasteiger partial charge in [-0.3, -0.25) is 37.3 Å². The maximum absolute atomic E-state index is 13.0. The van der Waals surface area contributed by atoms with Crippen molar-refractivity contribution in [2.75, 3.05) is 39.6 Å². The van der Waals surface area contributed by atoms with Crippen LogP contribution in [0.5, 0.6) is 0 Å². The molecule has 0 aromatic carbocycles. The van der Waals surface area contributed by atoms with Gasteiger partial charge in [0.15, 0.2) is 12.2 Å². The highest BCUT2D eigenvalue weighted by molar-refractivity contribution is 7.47. The first-order chi connectivity index (χ1) is 40.4. The molecule has 84 heavy (non-hydrogen) atoms. The molecule has 0 fully saturated rings. The van der Waals surface area contributed by atoms with Crippen LogP contribution in [-0.4, -0.2) is 96.7 Å². The molecule has 0 saturated heterocycles. The fourth-order valence-electron chi connectivity index (χ4n) is 9.71. The number of carbonyl (C=O) groups excluding carboxylic acids is 4. The molecule has 0 aromatic rings. The monoisotopic (exact) mass is 1240 g/mol. The van der Waals surface area contributed by atoms with Gasteiger partial charge in [0.1, 0.15) is 19.3 Å². The summed E-state index contributed by atoms with van der Waals surface area (Å²) in [5.41, 5.74) is 0. The van der Waals surface area contributed by atoms with Crippen LogP contribution in [0.1, 0.15) is 324 Å². The number of rotatable bonds is 64. The maximum atomic E-state index is 13.0. The second-order valence-corrected chi connectivity index (χ2v) is 27.4. The highest BCUT2D eigenvalue weighted by Crippen LogP contribution is 2.45. The predicted molar refractivity (Wildman–Crippen MR) is 335 cm³/mol. The number of aliphatic hydroxyl groups is 1. The van der Waals surface area contributed by atoms with E-state index < -0.39 is 97.5 Å². The summed E-state index contributed by atoms with van der Waals surface area (Å²) in [6, 6.07) is 0. The van der Waals surface area contributed by atoms with Gasteiger partial charge >= 0.3 is 39.5 Å². The van der Waals surface area contributed by atoms with Crippen LogP contribution in [0.15, 0.2) is 0 Å². The zero-order chi connectivity index (χ0) is 62.2. The molecular formula is C65H126O17P2. The van der Waals surface area contributed by atoms with E-state index in [4.69, 9.17) is 37.0 Å². The number of ether oxygens (including phenoxy) is 4. The molecule has 0 rings (SSSR count). The Morgan fingerprint density at radius 2 is 0.548 bits per heavy atom. The lowest BCUT2D eigenvalue weighted by atomic mass is 10.0. The molecule has 0 bridgehead atoms. The molecule has 0 radical (unpaired) electrons. The van der Waals surface area contributed by atoms with Crippen LogP contribution in [0.25, 0.3) is 0 Å². The number of aliphatic hydroxyl groups excluding tert-OH is 1. The van der Waals surface area contributed by atoms with Crippen LogP contribution >= 0.6 is 15.6 Å². The molecule has 0 aliphatic carbocycles. The Hall–Kier alpha value is -1.94. The highest BCUT2D eigenvalue weighted by atomic mass is 31.2. The molecule has 0 aliphatic heterocycles. The Bertz CT molecular complexity index is 1650. The topological polar surface area (TPSA) is 237 Å². The summed E-state index contributed by atoms with van der Waals surface area (Å²) in [7, 11) is -9.87. The molecule has 0 heterocycles. The summed E-state index contributed by atoms with van der Waals surface area (Å²) in [6.45, 7) is 9.36. The summed E-state index contributed by atoms with van der Waals surface area (Å²) in [6.07, 6.45) is 41.2. The summed E-state index contributed by atoms with van der Waals surface area (Å²) >= 11 is 0. The molecule has 3 N–H and O–H groups in total. The van der Waals surface area contributed by atoms with Crippen molar-refractivity contribution in [3.05, 3.63) is 0 Å². The van der Waals surface area contributed by atoms with Crippen LogP contribution in [0.3, 0.4) is 0 Å². The van der Waals surface area contributed by atoms with Crippen molar-refractivity contribution in [3.8, 4) is 0 Å². The lowest BCUT2D eigenvalue weighted by Gasteiger charge is -2.21. The second kappa shape index (κ2) is 57.5. The minimum absolute atomic E-state index is 0.0987. The normalized spacial score (nSPS) is 14.3. The molecule has 0 amide bonds. The molecule has 0 saturated carbocycles. The van der Waals surface area contributed by atoms with Gasteiger partial charge in [-0.1, -0.05) is 273 Å². The average Bonchev–Trinajstić information content (AvgIpc) is 3.46. The Labute approximate surface area is 511 Å². The van der Waals surface area contributed by atoms with Crippen LogP contribution in [0, 0.1) is 11.8 Å². The first-order valence-corrected chi connectivity index (χ1v) is 37.0. The number of phosphoric ester groups is 2. The van der Waals surface area contributed by atoms with E-state index in [9.17, 15) is 43.2 Å². The summed E-state index contributed by atoms with van der Waals surface area (Å²) < 4.78 is 67.6. The van der Waals surface area contributed by atoms with Gasteiger partial charge in [0, 0.05) is 25.7 Å². The van der Waals surface area contributed by atoms with Crippen molar-refractivity contribution in [2.24, 2.45) is 11.8 Å². The van der Waals surface area contributed by atoms with Gasteiger partial charge in [-0.05, 0) is 37.5 Å². The maximum Gasteiger partial charge on any atom is 0.472 e. The van der Waals surface area contributed by atoms with Gasteiger partial charge < -0.3 is 33.8 Å². The Morgan fingerprint density at radius 3 is 0.810 bits per heavy atom. The molecule has 0 aliphatic rings. The van der Waals surface area contributed by atoms with E-state index in [1.807, 2.05) is 0 Å². The van der Waals surface area contributed by atoms with Gasteiger partial charge in [-0.15, -0.1) is 0 Å². The standard InChI is InChI=1S/C65H126O17P2/c1-7-9-11-33-41-47-62(67)75-53-60(81-64(69)49-43-34-12-10-8-2)55-79-83(71,72)77-51-59(66)52-78-84(73,74)80-56-61(54-76-63(68)48-42-37-31-27-23-20-19-22-26-30-36-40-46-58(5)6)82-65(70)50-44-38-32-28-24-18-16-14-13-15-17-21-25-29-35-39-45-57(3)4/h57-61,66H,7-56H2,1-6H3,(H,71,72)(H,73,74)/t59-,60+,61+/m0/s1. The minimum atomic E-state index is -4.94. The van der Waals surface area contributed by atoms with Gasteiger partial charge in [0.05, 0.1) is 26.4 Å². The van der Waals surface area contributed by atoms with Gasteiger partial charge in [-0.2, -0.15) is 0 Å². The fourth-order valence-corrected chi connectivity index (χ4v) is 11.3. The van der Waals surface area contributed by atoms with E-state index >= 15 is 0 Å². The van der Waals surface area contributed by atoms with Crippen LogP contribution in [-0.2, 0) is 65.4 Å². The zero-order valence-corrected chi connectivity index (χ0v) is 56.0. The van der Waals surface area contributed by atoms with Crippen molar-refractivity contribution < 1.29 is 80.2 Å². The summed E-state index contributed by atoms with van der Waals surface area (Å²) in [5.74, 6) is -0.563. The Balaban J connectivity index is 5.08. The third kappa shape index (κ3) is 59.0. The number of hydrogen-bond donors (Lipinski definition) is 3. The van der Waals surface area contributed by atoms with E-state index in [1.165, 1.54) is 135 Å². The van der Waals surface area contributed by atoms with E-state index in [0.29, 0.717) is 25.7 Å². The summed E-state index contributed by atoms with van der Waals surface area (Å²) in [5, 5.41) is 10.5. The number of carbonyl (C=O) groups is 4. The Morgan fingerprint density at radius 1 is 0.321 bits per heavy atom. The third-order valence-corrected chi connectivity index (χ3v) is 16.9. The van der Waals surface area contributed by atoms with Crippen LogP contribution in [0.4, 0.5) is 0 Å². The van der Waals surface area contributed by atoms with E-state index in [0.717, 1.165) is 108 Å². The minimum Gasteiger partial charge on any atom is -0.462 e. The van der Waals surface area contributed by atoms with Crippen molar-refractivity contribution >= 4 is 39.5 Å². The third-order valence-electron chi connectivity index (χ3n) is 15.0. The van der Waals surface area contributed by atoms with Crippen LogP contribution in [0.2, 0.25) is 0 Å². The molecular weight excluding hydrogens is 1110 g/mol. The number of phosphoric acid groups is 2. The highest BCUT2D eigenvalue weighted by Gasteiger charge is 2.30. The number of unbranched alkanes of at least 4 members (excludes halogenated alkanes) is 34. The van der Waals surface area contributed by atoms with Crippen molar-refractivity contribution in [1.29, 1.82) is 0 Å². The van der Waals surface area contributed by atoms with Gasteiger partial charge in [-0.25, -0.2) is 9.13 Å². The largest absolute Gasteiger partial charge is 0.472 e. The van der Waals surface area contributed by atoms with E-state index in [1.54, 1.807) is 0 Å². The predicted octanol–water partition coefficient (Wildman–Crippen LogP) is 18.0. The molecule has 5 atom stereocenters. The molecule has 19 heteroatoms. The lowest BCUT2D eigenvalue weighted by molar-refractivity contribution is -0.161. The van der Waals surface area contributed by atoms with Gasteiger partial charge in [0.2, 0.25) is 0 Å². The Kier molecular flexibility index (Phi) is 56.2. The van der Waals surface area contributed by atoms with E-state index in [2.05, 4.69) is 41.5 Å². The SMILES string of the molecule is CCCCCCCC(=O)OC[C@H](COP(=O)(O)OC[C@H](O)COP(=O)(O)OC[C@@H](COC(=O)CCCCCCCCCCCCCCC(C)C)OC(=O)CCCCCCCCCCCCCCCCCCC(C)C)OC(=O)CCCCCCC. The molecule has 498 valence electrons.